The maximum atomic E-state index is 12.9. The van der Waals surface area contributed by atoms with Crippen LogP contribution in [-0.2, 0) is 4.74 Å². The number of ether oxygens (including phenoxy) is 2. The Hall–Kier alpha value is -2.76. The summed E-state index contributed by atoms with van der Waals surface area (Å²) in [6, 6.07) is 7.65. The Kier molecular flexibility index (Phi) is 6.06. The first-order valence-electron chi connectivity index (χ1n) is 11.6. The molecule has 1 aromatic carbocycles. The lowest BCUT2D eigenvalue weighted by Crippen LogP contribution is -2.44. The third-order valence-corrected chi connectivity index (χ3v) is 5.70. The number of hydroxylamine groups is 2. The lowest BCUT2D eigenvalue weighted by atomic mass is 9.92. The van der Waals surface area contributed by atoms with Crippen LogP contribution in [0.25, 0.3) is 11.1 Å². The normalized spacial score (nSPS) is 18.3. The molecule has 0 spiro atoms. The van der Waals surface area contributed by atoms with Gasteiger partial charge >= 0.3 is 6.09 Å². The molecule has 4 rings (SSSR count). The standard InChI is InChI=1S/C26H34N2O4/c1-16(2)13-17(3)28(25(29)31-26(4,5)6)32-19-9-10-21-20-11-12-27-15-22(20)24(18-7-8-18)30-23(21)14-19/h9-12,14-18,24H,7-8,13H2,1-6H3/t17-,24?/m0/s1. The van der Waals surface area contributed by atoms with Crippen molar-refractivity contribution >= 4 is 6.09 Å². The van der Waals surface area contributed by atoms with Gasteiger partial charge in [0, 0.05) is 35.5 Å². The van der Waals surface area contributed by atoms with Crippen LogP contribution >= 0.6 is 0 Å². The largest absolute Gasteiger partial charge is 0.485 e. The van der Waals surface area contributed by atoms with Crippen molar-refractivity contribution in [2.75, 3.05) is 0 Å². The number of nitrogens with zero attached hydrogens (tertiary/aromatic N) is 2. The summed E-state index contributed by atoms with van der Waals surface area (Å²) in [4.78, 5) is 23.4. The molecule has 1 unspecified atom stereocenters. The van der Waals surface area contributed by atoms with E-state index in [2.05, 4.69) is 18.8 Å². The van der Waals surface area contributed by atoms with E-state index in [1.165, 1.54) is 17.9 Å². The molecule has 2 heterocycles. The smallest absolute Gasteiger partial charge is 0.443 e. The number of benzene rings is 1. The Balaban J connectivity index is 1.62. The van der Waals surface area contributed by atoms with Crippen molar-refractivity contribution in [3.63, 3.8) is 0 Å². The van der Waals surface area contributed by atoms with E-state index in [1.807, 2.05) is 64.4 Å². The van der Waals surface area contributed by atoms with Crippen LogP contribution in [0.5, 0.6) is 11.5 Å². The number of fused-ring (bicyclic) bond motifs is 3. The van der Waals surface area contributed by atoms with E-state index in [4.69, 9.17) is 14.3 Å². The number of aromatic nitrogens is 1. The molecule has 6 heteroatoms. The molecule has 32 heavy (non-hydrogen) atoms. The summed E-state index contributed by atoms with van der Waals surface area (Å²) in [6.07, 6.45) is 6.40. The average molecular weight is 439 g/mol. The van der Waals surface area contributed by atoms with Crippen LogP contribution in [0.4, 0.5) is 4.79 Å². The Bertz CT molecular complexity index is 978. The maximum Gasteiger partial charge on any atom is 0.443 e. The van der Waals surface area contributed by atoms with Crippen LogP contribution in [0, 0.1) is 11.8 Å². The fraction of sp³-hybridized carbons (Fsp3) is 0.538. The lowest BCUT2D eigenvalue weighted by Gasteiger charge is -2.32. The van der Waals surface area contributed by atoms with Gasteiger partial charge in [0.25, 0.3) is 0 Å². The van der Waals surface area contributed by atoms with Gasteiger partial charge in [0.1, 0.15) is 17.5 Å². The third kappa shape index (κ3) is 5.00. The highest BCUT2D eigenvalue weighted by molar-refractivity contribution is 5.76. The third-order valence-electron chi connectivity index (χ3n) is 5.70. The zero-order chi connectivity index (χ0) is 23.0. The van der Waals surface area contributed by atoms with E-state index in [0.717, 1.165) is 28.9 Å². The molecule has 2 aromatic rings. The maximum absolute atomic E-state index is 12.9. The number of hydrogen-bond acceptors (Lipinski definition) is 5. The Morgan fingerprint density at radius 1 is 1.19 bits per heavy atom. The minimum atomic E-state index is -0.607. The molecule has 172 valence electrons. The number of carbonyl (C=O) groups is 1. The summed E-state index contributed by atoms with van der Waals surface area (Å²) < 4.78 is 12.0. The van der Waals surface area contributed by atoms with E-state index < -0.39 is 11.7 Å². The zero-order valence-corrected chi connectivity index (χ0v) is 19.9. The average Bonchev–Trinajstić information content (AvgIpc) is 3.54. The predicted octanol–water partition coefficient (Wildman–Crippen LogP) is 6.56. The van der Waals surface area contributed by atoms with Crippen LogP contribution in [-0.4, -0.2) is 27.8 Å². The minimum Gasteiger partial charge on any atom is -0.485 e. The molecule has 1 aliphatic heterocycles. The second-order valence-electron chi connectivity index (χ2n) is 10.4. The fourth-order valence-corrected chi connectivity index (χ4v) is 4.21. The van der Waals surface area contributed by atoms with Gasteiger partial charge in [-0.1, -0.05) is 13.8 Å². The monoisotopic (exact) mass is 438 g/mol. The van der Waals surface area contributed by atoms with Crippen molar-refractivity contribution in [1.29, 1.82) is 0 Å². The molecular weight excluding hydrogens is 404 g/mol. The summed E-state index contributed by atoms with van der Waals surface area (Å²) in [7, 11) is 0. The zero-order valence-electron chi connectivity index (χ0n) is 19.9. The number of amides is 1. The highest BCUT2D eigenvalue weighted by Crippen LogP contribution is 2.51. The molecule has 1 amide bonds. The summed E-state index contributed by atoms with van der Waals surface area (Å²) in [5.74, 6) is 2.27. The van der Waals surface area contributed by atoms with E-state index in [9.17, 15) is 4.79 Å². The molecule has 0 N–H and O–H groups in total. The second-order valence-corrected chi connectivity index (χ2v) is 10.4. The van der Waals surface area contributed by atoms with Crippen LogP contribution in [0.2, 0.25) is 0 Å². The first-order valence-corrected chi connectivity index (χ1v) is 11.6. The van der Waals surface area contributed by atoms with Crippen LogP contribution in [0.15, 0.2) is 36.7 Å². The van der Waals surface area contributed by atoms with Gasteiger partial charge in [-0.2, -0.15) is 0 Å². The van der Waals surface area contributed by atoms with Crippen LogP contribution < -0.4 is 9.57 Å². The van der Waals surface area contributed by atoms with E-state index in [-0.39, 0.29) is 12.1 Å². The van der Waals surface area contributed by atoms with Gasteiger partial charge in [-0.3, -0.25) is 4.98 Å². The molecule has 0 saturated heterocycles. The summed E-state index contributed by atoms with van der Waals surface area (Å²) in [5.41, 5.74) is 2.72. The molecule has 1 saturated carbocycles. The van der Waals surface area contributed by atoms with Crippen molar-refractivity contribution in [3.8, 4) is 22.6 Å². The summed E-state index contributed by atoms with van der Waals surface area (Å²) in [5, 5.41) is 1.35. The molecule has 0 bridgehead atoms. The van der Waals surface area contributed by atoms with Crippen LogP contribution in [0.1, 0.15) is 72.5 Å². The van der Waals surface area contributed by atoms with Gasteiger partial charge in [-0.25, -0.2) is 4.79 Å². The van der Waals surface area contributed by atoms with Gasteiger partial charge in [-0.05, 0) is 76.6 Å². The van der Waals surface area contributed by atoms with Gasteiger partial charge in [-0.15, -0.1) is 5.06 Å². The molecule has 1 fully saturated rings. The minimum absolute atomic E-state index is 0.0169. The van der Waals surface area contributed by atoms with Gasteiger partial charge in [0.2, 0.25) is 0 Å². The number of rotatable bonds is 6. The van der Waals surface area contributed by atoms with Gasteiger partial charge in [0.05, 0.1) is 6.04 Å². The van der Waals surface area contributed by atoms with Crippen molar-refractivity contribution in [2.45, 2.75) is 78.6 Å². The number of pyridine rings is 1. The topological polar surface area (TPSA) is 60.9 Å². The van der Waals surface area contributed by atoms with Crippen molar-refractivity contribution in [1.82, 2.24) is 10.0 Å². The molecule has 0 radical (unpaired) electrons. The van der Waals surface area contributed by atoms with Crippen molar-refractivity contribution < 1.29 is 19.1 Å². The second kappa shape index (κ2) is 8.64. The highest BCUT2D eigenvalue weighted by atomic mass is 16.7. The van der Waals surface area contributed by atoms with Crippen molar-refractivity contribution in [3.05, 3.63) is 42.2 Å². The van der Waals surface area contributed by atoms with Gasteiger partial charge in [0.15, 0.2) is 5.75 Å². The highest BCUT2D eigenvalue weighted by Gasteiger charge is 2.39. The summed E-state index contributed by atoms with van der Waals surface area (Å²) >= 11 is 0. The predicted molar refractivity (Wildman–Crippen MR) is 123 cm³/mol. The molecule has 2 aliphatic rings. The Labute approximate surface area is 190 Å². The fourth-order valence-electron chi connectivity index (χ4n) is 4.21. The number of hydrogen-bond donors (Lipinski definition) is 0. The first-order chi connectivity index (χ1) is 15.1. The van der Waals surface area contributed by atoms with Gasteiger partial charge < -0.3 is 14.3 Å². The molecule has 6 nitrogen and oxygen atoms in total. The number of carbonyl (C=O) groups excluding carboxylic acids is 1. The van der Waals surface area contributed by atoms with Crippen molar-refractivity contribution in [2.24, 2.45) is 11.8 Å². The summed E-state index contributed by atoms with van der Waals surface area (Å²) in [6.45, 7) is 11.8. The van der Waals surface area contributed by atoms with Crippen LogP contribution in [0.3, 0.4) is 0 Å². The molecule has 2 atom stereocenters. The Morgan fingerprint density at radius 3 is 2.59 bits per heavy atom. The Morgan fingerprint density at radius 2 is 1.94 bits per heavy atom. The van der Waals surface area contributed by atoms with E-state index >= 15 is 0 Å². The van der Waals surface area contributed by atoms with E-state index in [0.29, 0.717) is 17.6 Å². The first kappa shape index (κ1) is 22.4. The lowest BCUT2D eigenvalue weighted by molar-refractivity contribution is -0.0967. The molecule has 1 aromatic heterocycles. The quantitative estimate of drug-likeness (QED) is 0.478. The molecular formula is C26H34N2O4. The SMILES string of the molecule is CC(C)C[C@H](C)N(Oc1ccc2c(c1)OC(C1CC1)c1cnccc1-2)C(=O)OC(C)(C)C. The van der Waals surface area contributed by atoms with E-state index in [1.54, 1.807) is 0 Å². The molecule has 1 aliphatic carbocycles.